The number of hydrogen-bond acceptors (Lipinski definition) is 1. The van der Waals surface area contributed by atoms with Gasteiger partial charge in [-0.1, -0.05) is 29.3 Å². The summed E-state index contributed by atoms with van der Waals surface area (Å²) < 4.78 is 12.8. The normalized spacial score (nSPS) is 23.7. The Morgan fingerprint density at radius 2 is 2.27 bits per heavy atom. The van der Waals surface area contributed by atoms with E-state index in [2.05, 4.69) is 0 Å². The van der Waals surface area contributed by atoms with Gasteiger partial charge in [0, 0.05) is 6.04 Å². The van der Waals surface area contributed by atoms with Crippen molar-refractivity contribution in [2.75, 3.05) is 0 Å². The molecule has 1 aromatic carbocycles. The van der Waals surface area contributed by atoms with Gasteiger partial charge in [0.15, 0.2) is 0 Å². The molecule has 80 valence electrons. The lowest BCUT2D eigenvalue weighted by Crippen LogP contribution is -2.13. The van der Waals surface area contributed by atoms with Gasteiger partial charge in [-0.3, -0.25) is 0 Å². The summed E-state index contributed by atoms with van der Waals surface area (Å²) in [6, 6.07) is 4.74. The van der Waals surface area contributed by atoms with Crippen molar-refractivity contribution in [3.63, 3.8) is 0 Å². The molecule has 0 bridgehead atoms. The van der Waals surface area contributed by atoms with Crippen molar-refractivity contribution in [1.29, 1.82) is 0 Å². The number of halogens is 2. The molecule has 1 aliphatic rings. The Balaban J connectivity index is 2.24. The van der Waals surface area contributed by atoms with Crippen LogP contribution < -0.4 is 5.73 Å². The number of hydrogen-bond donors (Lipinski definition) is 1. The summed E-state index contributed by atoms with van der Waals surface area (Å²) in [7, 11) is 0. The number of benzene rings is 1. The van der Waals surface area contributed by atoms with Crippen LogP contribution in [0.25, 0.3) is 6.08 Å². The summed E-state index contributed by atoms with van der Waals surface area (Å²) in [5.74, 6) is -0.301. The van der Waals surface area contributed by atoms with Crippen molar-refractivity contribution in [2.45, 2.75) is 25.3 Å². The van der Waals surface area contributed by atoms with Crippen molar-refractivity contribution >= 4 is 17.7 Å². The lowest BCUT2D eigenvalue weighted by Gasteiger charge is -2.01. The first-order valence-corrected chi connectivity index (χ1v) is 5.43. The number of rotatable bonds is 1. The molecule has 0 spiro atoms. The summed E-state index contributed by atoms with van der Waals surface area (Å²) in [5, 5.41) is 0.461. The van der Waals surface area contributed by atoms with Crippen molar-refractivity contribution in [1.82, 2.24) is 0 Å². The molecule has 0 radical (unpaired) electrons. The first-order valence-electron chi connectivity index (χ1n) is 5.05. The number of nitrogens with two attached hydrogens (primary N) is 1. The first kappa shape index (κ1) is 10.7. The summed E-state index contributed by atoms with van der Waals surface area (Å²) >= 11 is 5.93. The zero-order valence-electron chi connectivity index (χ0n) is 8.34. The van der Waals surface area contributed by atoms with E-state index in [0.29, 0.717) is 5.02 Å². The molecule has 0 aliphatic heterocycles. The van der Waals surface area contributed by atoms with Gasteiger partial charge >= 0.3 is 0 Å². The molecule has 1 aliphatic carbocycles. The van der Waals surface area contributed by atoms with Crippen LogP contribution >= 0.6 is 11.6 Å². The van der Waals surface area contributed by atoms with Crippen molar-refractivity contribution in [3.05, 3.63) is 40.2 Å². The third-order valence-electron chi connectivity index (χ3n) is 2.68. The Hall–Kier alpha value is -0.860. The maximum absolute atomic E-state index is 12.8. The minimum absolute atomic E-state index is 0.274. The highest BCUT2D eigenvalue weighted by Gasteiger charge is 2.15. The van der Waals surface area contributed by atoms with Gasteiger partial charge in [-0.25, -0.2) is 4.39 Å². The second-order valence-corrected chi connectivity index (χ2v) is 4.38. The summed E-state index contributed by atoms with van der Waals surface area (Å²) in [5.41, 5.74) is 7.99. The van der Waals surface area contributed by atoms with E-state index in [0.717, 1.165) is 24.8 Å². The van der Waals surface area contributed by atoms with Crippen molar-refractivity contribution < 1.29 is 4.39 Å². The van der Waals surface area contributed by atoms with Gasteiger partial charge in [-0.05, 0) is 37.0 Å². The molecule has 1 saturated carbocycles. The summed E-state index contributed by atoms with van der Waals surface area (Å²) in [6.07, 6.45) is 5.00. The first-order chi connectivity index (χ1) is 7.15. The molecule has 1 fully saturated rings. The molecular formula is C12H13ClFN. The predicted octanol–water partition coefficient (Wildman–Crippen LogP) is 3.37. The molecule has 0 heterocycles. The lowest BCUT2D eigenvalue weighted by atomic mass is 10.1. The van der Waals surface area contributed by atoms with Gasteiger partial charge in [-0.2, -0.15) is 0 Å². The van der Waals surface area contributed by atoms with Crippen LogP contribution in [0, 0.1) is 5.82 Å². The average Bonchev–Trinajstić information content (AvgIpc) is 2.56. The fourth-order valence-electron chi connectivity index (χ4n) is 1.88. The van der Waals surface area contributed by atoms with E-state index in [9.17, 15) is 4.39 Å². The Morgan fingerprint density at radius 3 is 2.87 bits per heavy atom. The van der Waals surface area contributed by atoms with Crippen LogP contribution in [0.4, 0.5) is 4.39 Å². The zero-order chi connectivity index (χ0) is 10.8. The van der Waals surface area contributed by atoms with E-state index >= 15 is 0 Å². The standard InChI is InChI=1S/C12H13ClFN/c13-12-7-10(14)3-2-9(12)5-8-1-4-11(15)6-8/h2-3,5,7,11H,1,4,6,15H2. The molecule has 2 rings (SSSR count). The van der Waals surface area contributed by atoms with Crippen LogP contribution in [0.2, 0.25) is 5.02 Å². The lowest BCUT2D eigenvalue weighted by molar-refractivity contribution is 0.628. The third-order valence-corrected chi connectivity index (χ3v) is 3.01. The average molecular weight is 226 g/mol. The van der Waals surface area contributed by atoms with Crippen molar-refractivity contribution in [3.8, 4) is 0 Å². The van der Waals surface area contributed by atoms with Crippen LogP contribution in [-0.4, -0.2) is 6.04 Å². The molecule has 1 aromatic rings. The van der Waals surface area contributed by atoms with Gasteiger partial charge in [-0.15, -0.1) is 0 Å². The smallest absolute Gasteiger partial charge is 0.124 e. The SMILES string of the molecule is NC1CCC(=Cc2ccc(F)cc2Cl)C1. The Bertz CT molecular complexity index is 401. The second kappa shape index (κ2) is 4.33. The molecule has 2 N–H and O–H groups in total. The van der Waals surface area contributed by atoms with Crippen molar-refractivity contribution in [2.24, 2.45) is 5.73 Å². The maximum Gasteiger partial charge on any atom is 0.124 e. The molecule has 3 heteroatoms. The molecule has 1 nitrogen and oxygen atoms in total. The van der Waals surface area contributed by atoms with Gasteiger partial charge in [0.25, 0.3) is 0 Å². The van der Waals surface area contributed by atoms with Gasteiger partial charge < -0.3 is 5.73 Å². The summed E-state index contributed by atoms with van der Waals surface area (Å²) in [4.78, 5) is 0. The molecule has 1 atom stereocenters. The monoisotopic (exact) mass is 225 g/mol. The van der Waals surface area contributed by atoms with Gasteiger partial charge in [0.2, 0.25) is 0 Å². The van der Waals surface area contributed by atoms with E-state index in [4.69, 9.17) is 17.3 Å². The van der Waals surface area contributed by atoms with Crippen LogP contribution in [0.3, 0.4) is 0 Å². The minimum Gasteiger partial charge on any atom is -0.327 e. The van der Waals surface area contributed by atoms with Crippen LogP contribution in [0.5, 0.6) is 0 Å². The van der Waals surface area contributed by atoms with Crippen LogP contribution in [0.15, 0.2) is 23.8 Å². The third kappa shape index (κ3) is 2.58. The quantitative estimate of drug-likeness (QED) is 0.779. The largest absolute Gasteiger partial charge is 0.327 e. The molecular weight excluding hydrogens is 213 g/mol. The molecule has 0 aromatic heterocycles. The van der Waals surface area contributed by atoms with E-state index < -0.39 is 0 Å². The topological polar surface area (TPSA) is 26.0 Å². The molecule has 15 heavy (non-hydrogen) atoms. The highest BCUT2D eigenvalue weighted by molar-refractivity contribution is 6.32. The van der Waals surface area contributed by atoms with E-state index in [1.807, 2.05) is 6.08 Å². The highest BCUT2D eigenvalue weighted by Crippen LogP contribution is 2.28. The fraction of sp³-hybridized carbons (Fsp3) is 0.333. The Labute approximate surface area is 93.7 Å². The second-order valence-electron chi connectivity index (χ2n) is 3.97. The fourth-order valence-corrected chi connectivity index (χ4v) is 2.10. The Morgan fingerprint density at radius 1 is 1.47 bits per heavy atom. The van der Waals surface area contributed by atoms with E-state index in [1.54, 1.807) is 6.07 Å². The van der Waals surface area contributed by atoms with E-state index in [-0.39, 0.29) is 11.9 Å². The maximum atomic E-state index is 12.8. The van der Waals surface area contributed by atoms with Crippen LogP contribution in [0.1, 0.15) is 24.8 Å². The minimum atomic E-state index is -0.301. The van der Waals surface area contributed by atoms with E-state index in [1.165, 1.54) is 17.7 Å². The highest BCUT2D eigenvalue weighted by atomic mass is 35.5. The van der Waals surface area contributed by atoms with Gasteiger partial charge in [0.1, 0.15) is 5.82 Å². The molecule has 0 amide bonds. The molecule has 1 unspecified atom stereocenters. The van der Waals surface area contributed by atoms with Crippen LogP contribution in [-0.2, 0) is 0 Å². The Kier molecular flexibility index (Phi) is 3.08. The zero-order valence-corrected chi connectivity index (χ0v) is 9.10. The molecule has 0 saturated heterocycles. The summed E-state index contributed by atoms with van der Waals surface area (Å²) in [6.45, 7) is 0. The van der Waals surface area contributed by atoms with Gasteiger partial charge in [0.05, 0.1) is 5.02 Å². The predicted molar refractivity (Wildman–Crippen MR) is 61.2 cm³/mol.